The summed E-state index contributed by atoms with van der Waals surface area (Å²) in [5, 5.41) is 4.95. The molecule has 1 aromatic carbocycles. The number of nitrogens with one attached hydrogen (secondary N) is 1. The highest BCUT2D eigenvalue weighted by atomic mass is 16.3. The number of hydrogen-bond donors (Lipinski definition) is 1. The summed E-state index contributed by atoms with van der Waals surface area (Å²) < 4.78 is 6.06. The summed E-state index contributed by atoms with van der Waals surface area (Å²) in [6.45, 7) is 4.42. The van der Waals surface area contributed by atoms with E-state index in [0.717, 1.165) is 17.8 Å². The third kappa shape index (κ3) is 1.95. The molecule has 1 N–H and O–H groups in total. The second-order valence-corrected chi connectivity index (χ2v) is 5.31. The Morgan fingerprint density at radius 1 is 1.33 bits per heavy atom. The third-order valence-corrected chi connectivity index (χ3v) is 4.07. The first-order valence-electron chi connectivity index (χ1n) is 7.06. The van der Waals surface area contributed by atoms with Gasteiger partial charge in [-0.3, -0.25) is 0 Å². The molecule has 1 unspecified atom stereocenters. The molecule has 1 fully saturated rings. The van der Waals surface area contributed by atoms with Gasteiger partial charge in [0.05, 0.1) is 6.04 Å². The van der Waals surface area contributed by atoms with Gasteiger partial charge in [-0.15, -0.1) is 0 Å². The number of aryl methyl sites for hydroxylation is 1. The summed E-state index contributed by atoms with van der Waals surface area (Å²) in [5.74, 6) is 1.13. The fraction of sp³-hybridized carbons (Fsp3) is 0.500. The van der Waals surface area contributed by atoms with Crippen LogP contribution < -0.4 is 5.32 Å². The van der Waals surface area contributed by atoms with Crippen molar-refractivity contribution in [1.82, 2.24) is 5.32 Å². The standard InChI is InChI=1S/C16H21NO/c1-3-13-14-9-4-5-10-15(14)18-16(13)11(2)17-12-7-6-8-12/h4-5,9-12,17H,3,6-8H2,1-2H3. The molecule has 1 aromatic heterocycles. The van der Waals surface area contributed by atoms with E-state index in [0.29, 0.717) is 12.1 Å². The van der Waals surface area contributed by atoms with E-state index in [1.54, 1.807) is 0 Å². The Hall–Kier alpha value is -1.28. The molecule has 0 spiro atoms. The summed E-state index contributed by atoms with van der Waals surface area (Å²) in [4.78, 5) is 0. The highest BCUT2D eigenvalue weighted by molar-refractivity contribution is 5.82. The lowest BCUT2D eigenvalue weighted by atomic mass is 9.92. The fourth-order valence-electron chi connectivity index (χ4n) is 2.84. The smallest absolute Gasteiger partial charge is 0.134 e. The molecule has 1 aliphatic rings. The van der Waals surface area contributed by atoms with Crippen LogP contribution in [0.25, 0.3) is 11.0 Å². The molecule has 18 heavy (non-hydrogen) atoms. The van der Waals surface area contributed by atoms with Gasteiger partial charge in [-0.05, 0) is 32.3 Å². The fourth-order valence-corrected chi connectivity index (χ4v) is 2.84. The van der Waals surface area contributed by atoms with E-state index in [1.807, 2.05) is 6.07 Å². The second-order valence-electron chi connectivity index (χ2n) is 5.31. The van der Waals surface area contributed by atoms with Gasteiger partial charge < -0.3 is 9.73 Å². The van der Waals surface area contributed by atoms with Crippen molar-refractivity contribution in [2.24, 2.45) is 0 Å². The van der Waals surface area contributed by atoms with Gasteiger partial charge in [-0.2, -0.15) is 0 Å². The minimum atomic E-state index is 0.317. The number of rotatable bonds is 4. The van der Waals surface area contributed by atoms with Gasteiger partial charge in [-0.25, -0.2) is 0 Å². The molecular formula is C16H21NO. The Bertz CT molecular complexity index is 539. The van der Waals surface area contributed by atoms with Gasteiger partial charge in [-0.1, -0.05) is 31.5 Å². The van der Waals surface area contributed by atoms with Crippen molar-refractivity contribution in [3.8, 4) is 0 Å². The van der Waals surface area contributed by atoms with Gasteiger partial charge in [0.2, 0.25) is 0 Å². The summed E-state index contributed by atoms with van der Waals surface area (Å²) in [5.41, 5.74) is 2.39. The van der Waals surface area contributed by atoms with E-state index in [-0.39, 0.29) is 0 Å². The Morgan fingerprint density at radius 2 is 2.11 bits per heavy atom. The van der Waals surface area contributed by atoms with Crippen LogP contribution in [0.5, 0.6) is 0 Å². The molecule has 1 heterocycles. The van der Waals surface area contributed by atoms with Crippen molar-refractivity contribution in [2.75, 3.05) is 0 Å². The molecule has 2 heteroatoms. The highest BCUT2D eigenvalue weighted by Crippen LogP contribution is 2.31. The maximum absolute atomic E-state index is 6.06. The van der Waals surface area contributed by atoms with Gasteiger partial charge in [0.1, 0.15) is 11.3 Å². The average molecular weight is 243 g/mol. The van der Waals surface area contributed by atoms with E-state index >= 15 is 0 Å². The minimum Gasteiger partial charge on any atom is -0.459 e. The van der Waals surface area contributed by atoms with Crippen LogP contribution in [0.4, 0.5) is 0 Å². The predicted octanol–water partition coefficient (Wildman–Crippen LogP) is 4.20. The molecule has 0 saturated heterocycles. The Kier molecular flexibility index (Phi) is 3.13. The predicted molar refractivity (Wildman–Crippen MR) is 74.8 cm³/mol. The van der Waals surface area contributed by atoms with Crippen LogP contribution in [-0.2, 0) is 6.42 Å². The van der Waals surface area contributed by atoms with E-state index in [2.05, 4.69) is 37.4 Å². The lowest BCUT2D eigenvalue weighted by Gasteiger charge is -2.29. The largest absolute Gasteiger partial charge is 0.459 e. The zero-order valence-corrected chi connectivity index (χ0v) is 11.2. The van der Waals surface area contributed by atoms with Crippen LogP contribution in [-0.4, -0.2) is 6.04 Å². The third-order valence-electron chi connectivity index (χ3n) is 4.07. The molecule has 1 aliphatic carbocycles. The lowest BCUT2D eigenvalue weighted by molar-refractivity contribution is 0.296. The molecule has 0 amide bonds. The summed E-state index contributed by atoms with van der Waals surface area (Å²) >= 11 is 0. The first kappa shape index (κ1) is 11.8. The number of benzene rings is 1. The van der Waals surface area contributed by atoms with Crippen LogP contribution in [0, 0.1) is 0 Å². The normalized spacial score (nSPS) is 17.9. The molecular weight excluding hydrogens is 222 g/mol. The van der Waals surface area contributed by atoms with Crippen LogP contribution in [0.1, 0.15) is 50.5 Å². The van der Waals surface area contributed by atoms with Gasteiger partial charge in [0.15, 0.2) is 0 Å². The summed E-state index contributed by atoms with van der Waals surface area (Å²) in [6, 6.07) is 9.37. The number of hydrogen-bond acceptors (Lipinski definition) is 2. The van der Waals surface area contributed by atoms with Crippen LogP contribution >= 0.6 is 0 Å². The van der Waals surface area contributed by atoms with Crippen LogP contribution in [0.15, 0.2) is 28.7 Å². The highest BCUT2D eigenvalue weighted by Gasteiger charge is 2.23. The number of furan rings is 1. The SMILES string of the molecule is CCc1c(C(C)NC2CCC2)oc2ccccc12. The molecule has 2 aromatic rings. The molecule has 3 rings (SSSR count). The van der Waals surface area contributed by atoms with Crippen molar-refractivity contribution in [1.29, 1.82) is 0 Å². The number of fused-ring (bicyclic) bond motifs is 1. The maximum Gasteiger partial charge on any atom is 0.134 e. The molecule has 1 saturated carbocycles. The van der Waals surface area contributed by atoms with Crippen molar-refractivity contribution >= 4 is 11.0 Å². The second kappa shape index (κ2) is 4.77. The Morgan fingerprint density at radius 3 is 2.78 bits per heavy atom. The molecule has 1 atom stereocenters. The minimum absolute atomic E-state index is 0.317. The lowest BCUT2D eigenvalue weighted by Crippen LogP contribution is -2.36. The average Bonchev–Trinajstić information content (AvgIpc) is 2.72. The van der Waals surface area contributed by atoms with Crippen LogP contribution in [0.2, 0.25) is 0 Å². The first-order valence-corrected chi connectivity index (χ1v) is 7.06. The molecule has 96 valence electrons. The van der Waals surface area contributed by atoms with E-state index in [4.69, 9.17) is 4.42 Å². The van der Waals surface area contributed by atoms with Gasteiger partial charge in [0, 0.05) is 17.0 Å². The van der Waals surface area contributed by atoms with Gasteiger partial charge in [0.25, 0.3) is 0 Å². The Labute approximate surface area is 108 Å². The van der Waals surface area contributed by atoms with E-state index in [9.17, 15) is 0 Å². The summed E-state index contributed by atoms with van der Waals surface area (Å²) in [7, 11) is 0. The zero-order valence-electron chi connectivity index (χ0n) is 11.2. The van der Waals surface area contributed by atoms with E-state index in [1.165, 1.54) is 30.2 Å². The first-order chi connectivity index (χ1) is 8.79. The molecule has 0 aliphatic heterocycles. The number of para-hydroxylation sites is 1. The topological polar surface area (TPSA) is 25.2 Å². The molecule has 0 radical (unpaired) electrons. The monoisotopic (exact) mass is 243 g/mol. The zero-order chi connectivity index (χ0) is 12.5. The maximum atomic E-state index is 6.06. The van der Waals surface area contributed by atoms with Crippen molar-refractivity contribution in [2.45, 2.75) is 51.6 Å². The Balaban J connectivity index is 1.94. The molecule has 0 bridgehead atoms. The van der Waals surface area contributed by atoms with Crippen LogP contribution in [0.3, 0.4) is 0 Å². The van der Waals surface area contributed by atoms with Crippen molar-refractivity contribution < 1.29 is 4.42 Å². The quantitative estimate of drug-likeness (QED) is 0.870. The van der Waals surface area contributed by atoms with Crippen molar-refractivity contribution in [3.63, 3.8) is 0 Å². The summed E-state index contributed by atoms with van der Waals surface area (Å²) in [6.07, 6.45) is 5.02. The van der Waals surface area contributed by atoms with Gasteiger partial charge >= 0.3 is 0 Å². The molecule has 2 nitrogen and oxygen atoms in total. The van der Waals surface area contributed by atoms with Crippen molar-refractivity contribution in [3.05, 3.63) is 35.6 Å². The van der Waals surface area contributed by atoms with E-state index < -0.39 is 0 Å².